The molecule has 1 N–H and O–H groups in total. The number of aromatic nitrogens is 1. The van der Waals surface area contributed by atoms with Crippen LogP contribution in [0.1, 0.15) is 5.56 Å². The molecule has 1 atom stereocenters. The van der Waals surface area contributed by atoms with E-state index in [2.05, 4.69) is 9.46 Å². The molecule has 0 radical (unpaired) electrons. The molecule has 0 bridgehead atoms. The maximum atomic E-state index is 14.2. The van der Waals surface area contributed by atoms with E-state index < -0.39 is 46.5 Å². The molecule has 0 aliphatic rings. The fourth-order valence-corrected chi connectivity index (χ4v) is 4.74. The molecular formula is C18H12F5IN2O2S2. The Morgan fingerprint density at radius 1 is 1.10 bits per heavy atom. The lowest BCUT2D eigenvalue weighted by atomic mass is 10.1. The molecule has 0 aliphatic carbocycles. The van der Waals surface area contributed by atoms with Gasteiger partial charge in [0.2, 0.25) is 0 Å². The Morgan fingerprint density at radius 2 is 1.83 bits per heavy atom. The van der Waals surface area contributed by atoms with Gasteiger partial charge in [-0.15, -0.1) is 0 Å². The molecular weight excluding hydrogens is 562 g/mol. The molecule has 12 heteroatoms. The molecule has 160 valence electrons. The van der Waals surface area contributed by atoms with Crippen molar-refractivity contribution in [3.8, 4) is 16.9 Å². The molecule has 1 aromatic heterocycles. The number of nitrogens with zero attached hydrogens (tertiary/aromatic N) is 1. The van der Waals surface area contributed by atoms with Gasteiger partial charge < -0.3 is 4.74 Å². The van der Waals surface area contributed by atoms with Crippen LogP contribution in [0, 0.1) is 24.4 Å². The van der Waals surface area contributed by atoms with Crippen molar-refractivity contribution in [2.24, 2.45) is 0 Å². The smallest absolute Gasteiger partial charge is 0.387 e. The summed E-state index contributed by atoms with van der Waals surface area (Å²) in [5.74, 6) is -3.83. The van der Waals surface area contributed by atoms with E-state index in [9.17, 15) is 26.2 Å². The first-order valence-electron chi connectivity index (χ1n) is 8.09. The standard InChI is InChI=1S/C18H12F5IN2O2S2/c1-9-2-10(4-11(19)3-9)12-7-26(29-24)8-17(12)30(27)25-15-5-14(21)16(6-13(15)20)28-18(22)23/h2-8,18,25H,1H3. The van der Waals surface area contributed by atoms with Crippen molar-refractivity contribution < 1.29 is 30.9 Å². The quantitative estimate of drug-likeness (QED) is 0.260. The summed E-state index contributed by atoms with van der Waals surface area (Å²) in [6.45, 7) is -1.62. The van der Waals surface area contributed by atoms with Crippen LogP contribution in [0.3, 0.4) is 0 Å². The highest BCUT2D eigenvalue weighted by molar-refractivity contribution is 14.2. The number of benzene rings is 2. The summed E-state index contributed by atoms with van der Waals surface area (Å²) >= 11 is 1.99. The van der Waals surface area contributed by atoms with Crippen molar-refractivity contribution in [3.63, 3.8) is 0 Å². The molecule has 0 amide bonds. The van der Waals surface area contributed by atoms with Crippen molar-refractivity contribution in [3.05, 3.63) is 65.7 Å². The van der Waals surface area contributed by atoms with Gasteiger partial charge >= 0.3 is 6.61 Å². The Bertz CT molecular complexity index is 1090. The Morgan fingerprint density at radius 3 is 2.47 bits per heavy atom. The Kier molecular flexibility index (Phi) is 7.29. The Balaban J connectivity index is 1.96. The zero-order valence-electron chi connectivity index (χ0n) is 15.0. The lowest BCUT2D eigenvalue weighted by Crippen LogP contribution is -2.09. The van der Waals surface area contributed by atoms with E-state index in [1.165, 1.54) is 27.4 Å². The van der Waals surface area contributed by atoms with E-state index >= 15 is 0 Å². The van der Waals surface area contributed by atoms with Gasteiger partial charge in [-0.25, -0.2) is 17.4 Å². The van der Waals surface area contributed by atoms with Crippen molar-refractivity contribution >= 4 is 47.0 Å². The number of alkyl halides is 2. The molecule has 3 aromatic rings. The number of nitrogens with one attached hydrogen (secondary N) is 1. The van der Waals surface area contributed by atoms with Crippen LogP contribution in [-0.2, 0) is 11.0 Å². The third kappa shape index (κ3) is 5.27. The fourth-order valence-electron chi connectivity index (χ4n) is 2.66. The number of rotatable bonds is 7. The van der Waals surface area contributed by atoms with Gasteiger partial charge in [0.25, 0.3) is 0 Å². The zero-order chi connectivity index (χ0) is 22.0. The Hall–Kier alpha value is -1.80. The lowest BCUT2D eigenvalue weighted by Gasteiger charge is -2.11. The van der Waals surface area contributed by atoms with E-state index in [1.807, 2.05) is 21.2 Å². The number of hydrogen-bond donors (Lipinski definition) is 1. The van der Waals surface area contributed by atoms with Gasteiger partial charge in [-0.3, -0.25) is 8.69 Å². The largest absolute Gasteiger partial charge is 0.432 e. The molecule has 0 saturated heterocycles. The second-order valence-corrected chi connectivity index (χ2v) is 8.92. The second-order valence-electron chi connectivity index (χ2n) is 5.99. The van der Waals surface area contributed by atoms with E-state index in [-0.39, 0.29) is 4.90 Å². The van der Waals surface area contributed by atoms with Crippen LogP contribution in [-0.4, -0.2) is 14.8 Å². The summed E-state index contributed by atoms with van der Waals surface area (Å²) in [5.41, 5.74) is 1.01. The minimum Gasteiger partial charge on any atom is -0.432 e. The maximum absolute atomic E-state index is 14.2. The van der Waals surface area contributed by atoms with Crippen LogP contribution in [0.4, 0.5) is 27.6 Å². The molecule has 4 nitrogen and oxygen atoms in total. The van der Waals surface area contributed by atoms with E-state index in [0.717, 1.165) is 0 Å². The van der Waals surface area contributed by atoms with Crippen molar-refractivity contribution in [1.29, 1.82) is 0 Å². The molecule has 1 unspecified atom stereocenters. The highest BCUT2D eigenvalue weighted by atomic mass is 127. The summed E-state index contributed by atoms with van der Waals surface area (Å²) in [6.07, 6.45) is 3.12. The van der Waals surface area contributed by atoms with Crippen LogP contribution in [0.2, 0.25) is 0 Å². The monoisotopic (exact) mass is 574 g/mol. The van der Waals surface area contributed by atoms with E-state index in [0.29, 0.717) is 28.8 Å². The number of anilines is 1. The normalized spacial score (nSPS) is 12.3. The molecule has 1 heterocycles. The lowest BCUT2D eigenvalue weighted by molar-refractivity contribution is -0.0523. The molecule has 30 heavy (non-hydrogen) atoms. The fraction of sp³-hybridized carbons (Fsp3) is 0.111. The molecule has 0 saturated carbocycles. The van der Waals surface area contributed by atoms with Gasteiger partial charge in [0.05, 0.1) is 10.6 Å². The van der Waals surface area contributed by atoms with Gasteiger partial charge in [-0.1, -0.05) is 6.07 Å². The number of aryl methyl sites for hydroxylation is 1. The Labute approximate surface area is 187 Å². The van der Waals surface area contributed by atoms with Crippen molar-refractivity contribution in [1.82, 2.24) is 3.97 Å². The van der Waals surface area contributed by atoms with Crippen LogP contribution in [0.25, 0.3) is 11.1 Å². The second kappa shape index (κ2) is 9.56. The molecule has 3 rings (SSSR count). The maximum Gasteiger partial charge on any atom is 0.387 e. The minimum atomic E-state index is -3.32. The van der Waals surface area contributed by atoms with Gasteiger partial charge in [-0.05, 0) is 30.2 Å². The van der Waals surface area contributed by atoms with Crippen molar-refractivity contribution in [2.45, 2.75) is 18.4 Å². The first-order chi connectivity index (χ1) is 14.2. The van der Waals surface area contributed by atoms with Crippen LogP contribution in [0.15, 0.2) is 47.6 Å². The topological polar surface area (TPSA) is 43.3 Å². The number of ether oxygens (including phenoxy) is 1. The molecule has 0 fully saturated rings. The number of halogens is 6. The average Bonchev–Trinajstić information content (AvgIpc) is 3.09. The third-order valence-electron chi connectivity index (χ3n) is 3.84. The molecule has 0 aliphatic heterocycles. The van der Waals surface area contributed by atoms with Crippen LogP contribution in [0.5, 0.6) is 5.75 Å². The zero-order valence-corrected chi connectivity index (χ0v) is 18.8. The summed E-state index contributed by atoms with van der Waals surface area (Å²) in [7, 11) is -0.829. The SMILES string of the molecule is Cc1cc(F)cc(-c2cn(SI)cc2S(=O)Nc2cc(F)c(OC(F)F)cc2F)c1. The third-order valence-corrected chi connectivity index (χ3v) is 6.70. The summed E-state index contributed by atoms with van der Waals surface area (Å²) < 4.78 is 87.2. The predicted molar refractivity (Wildman–Crippen MR) is 115 cm³/mol. The van der Waals surface area contributed by atoms with Crippen LogP contribution >= 0.6 is 30.3 Å². The first kappa shape index (κ1) is 22.9. The van der Waals surface area contributed by atoms with Gasteiger partial charge in [-0.2, -0.15) is 8.78 Å². The summed E-state index contributed by atoms with van der Waals surface area (Å²) in [6, 6.07) is 5.30. The van der Waals surface area contributed by atoms with E-state index in [1.54, 1.807) is 23.2 Å². The highest BCUT2D eigenvalue weighted by Gasteiger charge is 2.20. The average molecular weight is 574 g/mol. The van der Waals surface area contributed by atoms with Crippen LogP contribution < -0.4 is 9.46 Å². The highest BCUT2D eigenvalue weighted by Crippen LogP contribution is 2.33. The summed E-state index contributed by atoms with van der Waals surface area (Å²) in [5, 5.41) is 0. The first-order valence-corrected chi connectivity index (χ1v) is 12.6. The molecule has 0 spiro atoms. The predicted octanol–water partition coefficient (Wildman–Crippen LogP) is 6.46. The van der Waals surface area contributed by atoms with Gasteiger partial charge in [0, 0.05) is 60.4 Å². The van der Waals surface area contributed by atoms with Gasteiger partial charge in [0.15, 0.2) is 28.4 Å². The van der Waals surface area contributed by atoms with E-state index in [4.69, 9.17) is 0 Å². The van der Waals surface area contributed by atoms with Gasteiger partial charge in [0.1, 0.15) is 5.82 Å². The summed E-state index contributed by atoms with van der Waals surface area (Å²) in [4.78, 5) is 0.192. The number of hydrogen-bond acceptors (Lipinski definition) is 3. The minimum absolute atomic E-state index is 0.192. The molecule has 2 aromatic carbocycles. The van der Waals surface area contributed by atoms with Crippen molar-refractivity contribution in [2.75, 3.05) is 4.72 Å².